The molecule has 42 heavy (non-hydrogen) atoms. The molecule has 3 amide bonds. The maximum absolute atomic E-state index is 13.7. The molecule has 0 bridgehead atoms. The Morgan fingerprint density at radius 3 is 2.26 bits per heavy atom. The third kappa shape index (κ3) is 8.70. The van der Waals surface area contributed by atoms with Crippen LogP contribution in [0.3, 0.4) is 0 Å². The van der Waals surface area contributed by atoms with Gasteiger partial charge in [-0.25, -0.2) is 8.78 Å². The smallest absolute Gasteiger partial charge is 0.261 e. The van der Waals surface area contributed by atoms with Gasteiger partial charge in [0.25, 0.3) is 5.92 Å². The summed E-state index contributed by atoms with van der Waals surface area (Å²) in [5.41, 5.74) is -0.164. The number of ketones is 1. The quantitative estimate of drug-likeness (QED) is 0.282. The first-order valence-corrected chi connectivity index (χ1v) is 14.7. The zero-order valence-electron chi connectivity index (χ0n) is 24.5. The first-order valence-electron chi connectivity index (χ1n) is 14.7. The van der Waals surface area contributed by atoms with E-state index in [0.29, 0.717) is 24.7 Å². The lowest BCUT2D eigenvalue weighted by atomic mass is 9.90. The monoisotopic (exact) mass is 592 g/mol. The fourth-order valence-electron chi connectivity index (χ4n) is 5.70. The maximum atomic E-state index is 13.7. The Hall–Kier alpha value is -3.12. The number of epoxide rings is 1. The summed E-state index contributed by atoms with van der Waals surface area (Å²) in [7, 11) is 1.54. The molecule has 232 valence electrons. The van der Waals surface area contributed by atoms with Gasteiger partial charge in [0, 0.05) is 19.4 Å². The summed E-state index contributed by atoms with van der Waals surface area (Å²) in [6.45, 7) is 2.82. The number of Topliss-reactive ketones (excluding diaryl/α,β-unsaturated/α-hetero) is 1. The van der Waals surface area contributed by atoms with E-state index in [1.54, 1.807) is 38.3 Å². The third-order valence-electron chi connectivity index (χ3n) is 8.39. The second kappa shape index (κ2) is 13.5. The van der Waals surface area contributed by atoms with Crippen molar-refractivity contribution in [3.05, 3.63) is 29.8 Å². The molecule has 1 aromatic rings. The van der Waals surface area contributed by atoms with Gasteiger partial charge in [0.1, 0.15) is 23.4 Å². The van der Waals surface area contributed by atoms with Gasteiger partial charge in [-0.2, -0.15) is 0 Å². The van der Waals surface area contributed by atoms with Gasteiger partial charge in [-0.1, -0.05) is 37.8 Å². The van der Waals surface area contributed by atoms with E-state index in [1.165, 1.54) is 11.8 Å². The van der Waals surface area contributed by atoms with Gasteiger partial charge in [-0.15, -0.1) is 0 Å². The molecule has 1 saturated carbocycles. The minimum absolute atomic E-state index is 0.0932. The molecule has 3 N–H and O–H groups in total. The number of carbonyl (C=O) groups excluding carboxylic acids is 4. The Morgan fingerprint density at radius 1 is 1.05 bits per heavy atom. The Labute approximate surface area is 245 Å². The molecule has 2 heterocycles. The number of methoxy groups -OCH3 is 1. The lowest BCUT2D eigenvalue weighted by Gasteiger charge is -2.26. The van der Waals surface area contributed by atoms with Gasteiger partial charge in [0.05, 0.1) is 32.8 Å². The van der Waals surface area contributed by atoms with E-state index in [0.717, 1.165) is 31.2 Å². The van der Waals surface area contributed by atoms with Crippen LogP contribution in [0.1, 0.15) is 57.9 Å². The summed E-state index contributed by atoms with van der Waals surface area (Å²) in [6, 6.07) is 4.23. The van der Waals surface area contributed by atoms with Crippen molar-refractivity contribution in [2.24, 2.45) is 5.92 Å². The normalized spacial score (nSPS) is 23.9. The predicted octanol–water partition coefficient (Wildman–Crippen LogP) is 1.99. The SMILES string of the molecule is COc1ccc(CC(NC(=O)C(C)NC(=O)CN2CCC(F)(F)C2)C(=O)NC(CC2CCCC2)C(=O)C2(C)CO2)cc1. The largest absolute Gasteiger partial charge is 0.497 e. The first-order chi connectivity index (χ1) is 19.9. The van der Waals surface area contributed by atoms with Gasteiger partial charge >= 0.3 is 0 Å². The molecule has 1 aromatic carbocycles. The van der Waals surface area contributed by atoms with Gasteiger partial charge in [0.2, 0.25) is 17.7 Å². The summed E-state index contributed by atoms with van der Waals surface area (Å²) in [5.74, 6) is -3.74. The fourth-order valence-corrected chi connectivity index (χ4v) is 5.70. The van der Waals surface area contributed by atoms with Crippen LogP contribution in [0, 0.1) is 5.92 Å². The number of halogens is 2. The zero-order valence-corrected chi connectivity index (χ0v) is 24.5. The molecule has 0 radical (unpaired) electrons. The van der Waals surface area contributed by atoms with Crippen LogP contribution >= 0.6 is 0 Å². The number of carbonyl (C=O) groups is 4. The number of hydrogen-bond acceptors (Lipinski definition) is 7. The predicted molar refractivity (Wildman–Crippen MR) is 150 cm³/mol. The van der Waals surface area contributed by atoms with Crippen molar-refractivity contribution in [1.29, 1.82) is 0 Å². The van der Waals surface area contributed by atoms with E-state index >= 15 is 0 Å². The highest BCUT2D eigenvalue weighted by Crippen LogP contribution is 2.33. The molecule has 0 aromatic heterocycles. The highest BCUT2D eigenvalue weighted by molar-refractivity contribution is 5.98. The van der Waals surface area contributed by atoms with Crippen LogP contribution in [-0.4, -0.2) is 91.4 Å². The molecule has 3 fully saturated rings. The van der Waals surface area contributed by atoms with Crippen molar-refractivity contribution < 1.29 is 37.4 Å². The summed E-state index contributed by atoms with van der Waals surface area (Å²) < 4.78 is 37.6. The molecule has 1 aliphatic carbocycles. The Balaban J connectivity index is 1.43. The topological polar surface area (TPSA) is 129 Å². The standard InChI is InChI=1S/C30H42F2N4O6/c1-19(33-25(37)16-36-13-12-30(31,32)17-36)27(39)35-24(15-21-8-10-22(41-3)11-9-21)28(40)34-23(14-20-6-4-5-7-20)26(38)29(2)18-42-29/h8-11,19-20,23-24H,4-7,12-18H2,1-3H3,(H,33,37)(H,34,40)(H,35,39). The fraction of sp³-hybridized carbons (Fsp3) is 0.667. The zero-order chi connectivity index (χ0) is 30.5. The van der Waals surface area contributed by atoms with Crippen LogP contribution in [0.25, 0.3) is 0 Å². The highest BCUT2D eigenvalue weighted by Gasteiger charge is 2.50. The number of nitrogens with zero attached hydrogens (tertiary/aromatic N) is 1. The van der Waals surface area contributed by atoms with Crippen LogP contribution in [0.15, 0.2) is 24.3 Å². The second-order valence-electron chi connectivity index (χ2n) is 12.1. The van der Waals surface area contributed by atoms with Crippen molar-refractivity contribution in [1.82, 2.24) is 20.9 Å². The Kier molecular flexibility index (Phi) is 10.2. The molecular formula is C30H42F2N4O6. The van der Waals surface area contributed by atoms with Crippen molar-refractivity contribution in [2.75, 3.05) is 33.4 Å². The van der Waals surface area contributed by atoms with E-state index in [9.17, 15) is 28.0 Å². The van der Waals surface area contributed by atoms with Crippen molar-refractivity contribution in [3.63, 3.8) is 0 Å². The number of likely N-dealkylation sites (tertiary alicyclic amines) is 1. The number of amides is 3. The summed E-state index contributed by atoms with van der Waals surface area (Å²) >= 11 is 0. The van der Waals surface area contributed by atoms with E-state index in [2.05, 4.69) is 16.0 Å². The number of alkyl halides is 2. The third-order valence-corrected chi connectivity index (χ3v) is 8.39. The molecule has 4 unspecified atom stereocenters. The summed E-state index contributed by atoms with van der Waals surface area (Å²) in [6.07, 6.45) is 4.50. The molecule has 4 atom stereocenters. The van der Waals surface area contributed by atoms with E-state index in [1.807, 2.05) is 0 Å². The Morgan fingerprint density at radius 2 is 1.69 bits per heavy atom. The van der Waals surface area contributed by atoms with Gasteiger partial charge in [-0.05, 0) is 43.9 Å². The van der Waals surface area contributed by atoms with Crippen molar-refractivity contribution >= 4 is 23.5 Å². The van der Waals surface area contributed by atoms with Crippen molar-refractivity contribution in [2.45, 2.75) is 88.4 Å². The number of ether oxygens (including phenoxy) is 2. The molecule has 12 heteroatoms. The lowest BCUT2D eigenvalue weighted by Crippen LogP contribution is -2.57. The van der Waals surface area contributed by atoms with Crippen LogP contribution < -0.4 is 20.7 Å². The van der Waals surface area contributed by atoms with Crippen LogP contribution in [-0.2, 0) is 30.3 Å². The first kappa shape index (κ1) is 31.8. The number of hydrogen-bond donors (Lipinski definition) is 3. The second-order valence-corrected chi connectivity index (χ2v) is 12.1. The lowest BCUT2D eigenvalue weighted by molar-refractivity contribution is -0.134. The van der Waals surface area contributed by atoms with Crippen LogP contribution in [0.2, 0.25) is 0 Å². The van der Waals surface area contributed by atoms with Crippen molar-refractivity contribution in [3.8, 4) is 5.75 Å². The molecule has 3 aliphatic rings. The molecule has 2 aliphatic heterocycles. The van der Waals surface area contributed by atoms with Crippen LogP contribution in [0.4, 0.5) is 8.78 Å². The number of nitrogens with one attached hydrogen (secondary N) is 3. The average Bonchev–Trinajstić information content (AvgIpc) is 3.31. The molecule has 4 rings (SSSR count). The van der Waals surface area contributed by atoms with E-state index in [4.69, 9.17) is 9.47 Å². The minimum atomic E-state index is -2.83. The molecule has 2 saturated heterocycles. The van der Waals surface area contributed by atoms with Crippen LogP contribution in [0.5, 0.6) is 5.75 Å². The highest BCUT2D eigenvalue weighted by atomic mass is 19.3. The number of benzene rings is 1. The molecular weight excluding hydrogens is 550 g/mol. The maximum Gasteiger partial charge on any atom is 0.261 e. The summed E-state index contributed by atoms with van der Waals surface area (Å²) in [4.78, 5) is 53.9. The Bertz CT molecular complexity index is 1140. The summed E-state index contributed by atoms with van der Waals surface area (Å²) in [5, 5.41) is 8.16. The van der Waals surface area contributed by atoms with Gasteiger partial charge in [-0.3, -0.25) is 24.1 Å². The molecule has 0 spiro atoms. The van der Waals surface area contributed by atoms with Gasteiger partial charge in [0.15, 0.2) is 5.78 Å². The van der Waals surface area contributed by atoms with E-state index in [-0.39, 0.29) is 31.7 Å². The molecule has 10 nitrogen and oxygen atoms in total. The minimum Gasteiger partial charge on any atom is -0.497 e. The van der Waals surface area contributed by atoms with Gasteiger partial charge < -0.3 is 25.4 Å². The number of rotatable bonds is 14. The van der Waals surface area contributed by atoms with E-state index < -0.39 is 53.9 Å². The average molecular weight is 593 g/mol.